The quantitative estimate of drug-likeness (QED) is 0.627. The van der Waals surface area contributed by atoms with Gasteiger partial charge in [0, 0.05) is 5.33 Å². The molecular formula is C12H21Br. The van der Waals surface area contributed by atoms with Gasteiger partial charge in [-0.3, -0.25) is 0 Å². The summed E-state index contributed by atoms with van der Waals surface area (Å²) in [5.41, 5.74) is 0.717. The van der Waals surface area contributed by atoms with Crippen LogP contribution < -0.4 is 0 Å². The van der Waals surface area contributed by atoms with Crippen molar-refractivity contribution in [3.05, 3.63) is 0 Å². The molecule has 0 radical (unpaired) electrons. The maximum atomic E-state index is 3.78. The first-order chi connectivity index (χ1) is 6.37. The van der Waals surface area contributed by atoms with Crippen LogP contribution in [0.5, 0.6) is 0 Å². The van der Waals surface area contributed by atoms with Crippen molar-refractivity contribution in [3.63, 3.8) is 0 Å². The van der Waals surface area contributed by atoms with E-state index in [1.165, 1.54) is 63.1 Å². The summed E-state index contributed by atoms with van der Waals surface area (Å²) in [7, 11) is 0. The average Bonchev–Trinajstić information content (AvgIpc) is 2.72. The number of alkyl halides is 1. The molecule has 2 rings (SSSR count). The Bertz CT molecular complexity index is 153. The molecule has 0 spiro atoms. The minimum absolute atomic E-state index is 0.717. The van der Waals surface area contributed by atoms with E-state index < -0.39 is 0 Å². The van der Waals surface area contributed by atoms with Crippen LogP contribution in [0, 0.1) is 11.3 Å². The van der Waals surface area contributed by atoms with Crippen molar-refractivity contribution in [1.82, 2.24) is 0 Å². The first-order valence-corrected chi connectivity index (χ1v) is 7.05. The van der Waals surface area contributed by atoms with E-state index in [4.69, 9.17) is 0 Å². The molecule has 0 heterocycles. The summed E-state index contributed by atoms with van der Waals surface area (Å²) < 4.78 is 0. The third kappa shape index (κ3) is 1.95. The normalized spacial score (nSPS) is 29.3. The largest absolute Gasteiger partial charge is 0.0922 e. The number of hydrogen-bond acceptors (Lipinski definition) is 0. The van der Waals surface area contributed by atoms with E-state index in [2.05, 4.69) is 15.9 Å². The van der Waals surface area contributed by atoms with Crippen LogP contribution in [-0.4, -0.2) is 5.33 Å². The molecule has 0 saturated heterocycles. The standard InChI is InChI=1S/C12H21Br/c13-10-12(8-4-1-5-9-12)11-6-2-3-7-11/h11H,1-10H2. The maximum absolute atomic E-state index is 3.78. The van der Waals surface area contributed by atoms with Crippen molar-refractivity contribution in [2.45, 2.75) is 57.8 Å². The lowest BCUT2D eigenvalue weighted by Crippen LogP contribution is -2.33. The molecule has 0 atom stereocenters. The highest BCUT2D eigenvalue weighted by Gasteiger charge is 2.39. The van der Waals surface area contributed by atoms with Crippen LogP contribution >= 0.6 is 15.9 Å². The van der Waals surface area contributed by atoms with Crippen molar-refractivity contribution < 1.29 is 0 Å². The van der Waals surface area contributed by atoms with E-state index in [0.29, 0.717) is 0 Å². The molecule has 2 saturated carbocycles. The molecular weight excluding hydrogens is 224 g/mol. The minimum atomic E-state index is 0.717. The lowest BCUT2D eigenvalue weighted by Gasteiger charge is -2.41. The fourth-order valence-corrected chi connectivity index (χ4v) is 4.46. The molecule has 0 nitrogen and oxygen atoms in total. The van der Waals surface area contributed by atoms with Gasteiger partial charge in [0.25, 0.3) is 0 Å². The van der Waals surface area contributed by atoms with Crippen molar-refractivity contribution in [1.29, 1.82) is 0 Å². The Morgan fingerprint density at radius 2 is 1.54 bits per heavy atom. The van der Waals surface area contributed by atoms with E-state index >= 15 is 0 Å². The summed E-state index contributed by atoms with van der Waals surface area (Å²) in [5.74, 6) is 1.06. The lowest BCUT2D eigenvalue weighted by molar-refractivity contribution is 0.130. The Balaban J connectivity index is 2.03. The summed E-state index contributed by atoms with van der Waals surface area (Å²) in [5, 5.41) is 1.27. The lowest BCUT2D eigenvalue weighted by atomic mass is 9.66. The average molecular weight is 245 g/mol. The van der Waals surface area contributed by atoms with E-state index in [-0.39, 0.29) is 0 Å². The van der Waals surface area contributed by atoms with Crippen LogP contribution in [0.25, 0.3) is 0 Å². The summed E-state index contributed by atoms with van der Waals surface area (Å²) >= 11 is 3.78. The van der Waals surface area contributed by atoms with Crippen molar-refractivity contribution in [2.75, 3.05) is 5.33 Å². The molecule has 2 aliphatic rings. The highest BCUT2D eigenvalue weighted by Crippen LogP contribution is 2.49. The van der Waals surface area contributed by atoms with E-state index in [0.717, 1.165) is 11.3 Å². The van der Waals surface area contributed by atoms with Crippen LogP contribution in [0.3, 0.4) is 0 Å². The molecule has 0 amide bonds. The Morgan fingerprint density at radius 3 is 2.08 bits per heavy atom. The number of hydrogen-bond donors (Lipinski definition) is 0. The predicted octanol–water partition coefficient (Wildman–Crippen LogP) is 4.52. The van der Waals surface area contributed by atoms with Gasteiger partial charge in [0.05, 0.1) is 0 Å². The number of rotatable bonds is 2. The van der Waals surface area contributed by atoms with Crippen molar-refractivity contribution in [2.24, 2.45) is 11.3 Å². The molecule has 0 aromatic rings. The van der Waals surface area contributed by atoms with E-state index in [1.807, 2.05) is 0 Å². The predicted molar refractivity (Wildman–Crippen MR) is 61.3 cm³/mol. The molecule has 2 aliphatic carbocycles. The van der Waals surface area contributed by atoms with Crippen molar-refractivity contribution >= 4 is 15.9 Å². The van der Waals surface area contributed by atoms with Crippen molar-refractivity contribution in [3.8, 4) is 0 Å². The second kappa shape index (κ2) is 4.33. The minimum Gasteiger partial charge on any atom is -0.0922 e. The van der Waals surface area contributed by atoms with E-state index in [1.54, 1.807) is 0 Å². The molecule has 13 heavy (non-hydrogen) atoms. The van der Waals surface area contributed by atoms with Gasteiger partial charge in [0.15, 0.2) is 0 Å². The fourth-order valence-electron chi connectivity index (χ4n) is 3.45. The van der Waals surface area contributed by atoms with Gasteiger partial charge in [-0.25, -0.2) is 0 Å². The van der Waals surface area contributed by atoms with Gasteiger partial charge in [0.1, 0.15) is 0 Å². The SMILES string of the molecule is BrCC1(C2CCCC2)CCCCC1. The molecule has 0 aliphatic heterocycles. The molecule has 0 N–H and O–H groups in total. The summed E-state index contributed by atoms with van der Waals surface area (Å²) in [6.45, 7) is 0. The highest BCUT2D eigenvalue weighted by atomic mass is 79.9. The Labute approximate surface area is 90.6 Å². The Kier molecular flexibility index (Phi) is 3.34. The second-order valence-electron chi connectivity index (χ2n) is 5.04. The van der Waals surface area contributed by atoms with Gasteiger partial charge < -0.3 is 0 Å². The van der Waals surface area contributed by atoms with Crippen LogP contribution in [-0.2, 0) is 0 Å². The first kappa shape index (κ1) is 10.0. The Morgan fingerprint density at radius 1 is 0.923 bits per heavy atom. The third-order valence-electron chi connectivity index (χ3n) is 4.34. The number of halogens is 1. The van der Waals surface area contributed by atoms with Gasteiger partial charge in [-0.2, -0.15) is 0 Å². The molecule has 0 bridgehead atoms. The highest BCUT2D eigenvalue weighted by molar-refractivity contribution is 9.09. The van der Waals surface area contributed by atoms with Crippen LogP contribution in [0.1, 0.15) is 57.8 Å². The van der Waals surface area contributed by atoms with Gasteiger partial charge in [-0.15, -0.1) is 0 Å². The molecule has 76 valence electrons. The molecule has 0 aromatic carbocycles. The van der Waals surface area contributed by atoms with Crippen LogP contribution in [0.15, 0.2) is 0 Å². The zero-order valence-electron chi connectivity index (χ0n) is 8.53. The molecule has 0 aromatic heterocycles. The molecule has 0 unspecified atom stereocenters. The van der Waals surface area contributed by atoms with Gasteiger partial charge in [0.2, 0.25) is 0 Å². The molecule has 2 fully saturated rings. The fraction of sp³-hybridized carbons (Fsp3) is 1.00. The van der Waals surface area contributed by atoms with Gasteiger partial charge in [-0.1, -0.05) is 48.0 Å². The summed E-state index contributed by atoms with van der Waals surface area (Å²) in [4.78, 5) is 0. The monoisotopic (exact) mass is 244 g/mol. The topological polar surface area (TPSA) is 0 Å². The van der Waals surface area contributed by atoms with Crippen LogP contribution in [0.2, 0.25) is 0 Å². The summed E-state index contributed by atoms with van der Waals surface area (Å²) in [6, 6.07) is 0. The molecule has 1 heteroatoms. The Hall–Kier alpha value is 0.480. The van der Waals surface area contributed by atoms with E-state index in [9.17, 15) is 0 Å². The third-order valence-corrected chi connectivity index (χ3v) is 5.45. The van der Waals surface area contributed by atoms with Gasteiger partial charge >= 0.3 is 0 Å². The zero-order chi connectivity index (χ0) is 9.15. The zero-order valence-corrected chi connectivity index (χ0v) is 10.1. The van der Waals surface area contributed by atoms with Crippen LogP contribution in [0.4, 0.5) is 0 Å². The van der Waals surface area contributed by atoms with Gasteiger partial charge in [-0.05, 0) is 37.0 Å². The second-order valence-corrected chi connectivity index (χ2v) is 5.60. The first-order valence-electron chi connectivity index (χ1n) is 5.93. The maximum Gasteiger partial charge on any atom is 0.00906 e. The smallest absolute Gasteiger partial charge is 0.00906 e. The summed E-state index contributed by atoms with van der Waals surface area (Å²) in [6.07, 6.45) is 13.5.